The van der Waals surface area contributed by atoms with Gasteiger partial charge >= 0.3 is 0 Å². The van der Waals surface area contributed by atoms with Gasteiger partial charge in [-0.15, -0.1) is 10.2 Å². The topological polar surface area (TPSA) is 65.6 Å². The van der Waals surface area contributed by atoms with Crippen LogP contribution in [-0.4, -0.2) is 36.0 Å². The number of benzene rings is 3. The lowest BCUT2D eigenvalue weighted by atomic mass is 10.2. The number of carbonyl (C=O) groups is 1. The Hall–Kier alpha value is -3.71. The van der Waals surface area contributed by atoms with Gasteiger partial charge in [0, 0.05) is 22.7 Å². The zero-order chi connectivity index (χ0) is 21.7. The molecule has 6 nitrogen and oxygen atoms in total. The molecule has 0 amide bonds. The smallest absolute Gasteiger partial charge is 0.242 e. The van der Waals surface area contributed by atoms with Gasteiger partial charge in [0.1, 0.15) is 5.52 Å². The zero-order valence-electron chi connectivity index (χ0n) is 17.4. The highest BCUT2D eigenvalue weighted by atomic mass is 32.2. The highest BCUT2D eigenvalue weighted by Gasteiger charge is 2.18. The summed E-state index contributed by atoms with van der Waals surface area (Å²) in [6.07, 6.45) is 0. The zero-order valence-corrected chi connectivity index (χ0v) is 18.2. The quantitative estimate of drug-likeness (QED) is 0.339. The summed E-state index contributed by atoms with van der Waals surface area (Å²) in [6.45, 7) is 2.87. The number of rotatable bonds is 4. The summed E-state index contributed by atoms with van der Waals surface area (Å²) in [5.74, 6) is 0.217. The minimum Gasteiger partial charge on any atom is -0.324 e. The summed E-state index contributed by atoms with van der Waals surface area (Å²) in [7, 11) is 0. The van der Waals surface area contributed by atoms with Gasteiger partial charge in [0.2, 0.25) is 11.1 Å². The molecule has 0 unspecified atom stereocenters. The van der Waals surface area contributed by atoms with Gasteiger partial charge in [-0.3, -0.25) is 9.36 Å². The van der Waals surface area contributed by atoms with Crippen molar-refractivity contribution in [1.29, 1.82) is 0 Å². The molecule has 0 aliphatic carbocycles. The first-order chi connectivity index (χ1) is 15.8. The molecule has 0 N–H and O–H groups in total. The summed E-state index contributed by atoms with van der Waals surface area (Å²) < 4.78 is 3.94. The number of carbonyl (C=O) groups excluding carboxylic acids is 1. The first-order valence-corrected chi connectivity index (χ1v) is 11.5. The van der Waals surface area contributed by atoms with Crippen molar-refractivity contribution in [3.05, 3.63) is 72.8 Å². The summed E-state index contributed by atoms with van der Waals surface area (Å²) in [6, 6.07) is 24.1. The Balaban J connectivity index is 1.37. The maximum atomic E-state index is 13.3. The molecule has 156 valence electrons. The molecule has 0 aliphatic rings. The Bertz CT molecular complexity index is 1600. The number of hydrogen-bond acceptors (Lipinski definition) is 5. The molecule has 6 aromatic rings. The molecule has 0 radical (unpaired) electrons. The average molecular weight is 438 g/mol. The molecule has 3 aromatic carbocycles. The molecule has 6 rings (SSSR count). The van der Waals surface area contributed by atoms with Crippen LogP contribution in [0.25, 0.3) is 43.9 Å². The third-order valence-corrected chi connectivity index (χ3v) is 6.65. The van der Waals surface area contributed by atoms with Gasteiger partial charge in [-0.2, -0.15) is 0 Å². The third kappa shape index (κ3) is 2.81. The van der Waals surface area contributed by atoms with E-state index in [-0.39, 0.29) is 11.7 Å². The van der Waals surface area contributed by atoms with E-state index in [0.29, 0.717) is 5.16 Å². The maximum absolute atomic E-state index is 13.3. The number of thioether (sulfide) groups is 1. The van der Waals surface area contributed by atoms with Crippen LogP contribution >= 0.6 is 11.8 Å². The predicted octanol–water partition coefficient (Wildman–Crippen LogP) is 5.54. The molecule has 0 aliphatic heterocycles. The second-order valence-corrected chi connectivity index (χ2v) is 8.52. The molecular formula is C25H19N5OS. The highest BCUT2D eigenvalue weighted by molar-refractivity contribution is 7.99. The fraction of sp³-hybridized carbons (Fsp3) is 0.120. The molecule has 0 fully saturated rings. The minimum absolute atomic E-state index is 0.00728. The molecule has 0 spiro atoms. The largest absolute Gasteiger partial charge is 0.324 e. The number of hydrogen-bond donors (Lipinski definition) is 0. The molecule has 0 saturated heterocycles. The Labute approximate surface area is 187 Å². The van der Waals surface area contributed by atoms with E-state index in [2.05, 4.69) is 39.9 Å². The molecular weight excluding hydrogens is 418 g/mol. The van der Waals surface area contributed by atoms with E-state index in [4.69, 9.17) is 4.98 Å². The van der Waals surface area contributed by atoms with Gasteiger partial charge in [-0.05, 0) is 25.1 Å². The molecule has 3 heterocycles. The second kappa shape index (κ2) is 7.46. The lowest BCUT2D eigenvalue weighted by Gasteiger charge is -2.06. The van der Waals surface area contributed by atoms with Crippen LogP contribution < -0.4 is 0 Å². The van der Waals surface area contributed by atoms with E-state index >= 15 is 0 Å². The van der Waals surface area contributed by atoms with Crippen molar-refractivity contribution in [1.82, 2.24) is 24.3 Å². The third-order valence-electron chi connectivity index (χ3n) is 5.82. The van der Waals surface area contributed by atoms with Gasteiger partial charge in [0.25, 0.3) is 0 Å². The number of fused-ring (bicyclic) bond motifs is 6. The fourth-order valence-corrected chi connectivity index (χ4v) is 5.08. The lowest BCUT2D eigenvalue weighted by molar-refractivity contribution is 0.0951. The maximum Gasteiger partial charge on any atom is 0.242 e. The van der Waals surface area contributed by atoms with Crippen LogP contribution in [0.4, 0.5) is 0 Å². The number of aryl methyl sites for hydroxylation is 1. The van der Waals surface area contributed by atoms with Crippen LogP contribution in [0.5, 0.6) is 0 Å². The summed E-state index contributed by atoms with van der Waals surface area (Å²) in [5, 5.41) is 12.5. The van der Waals surface area contributed by atoms with Crippen molar-refractivity contribution < 1.29 is 4.79 Å². The molecule has 3 aromatic heterocycles. The van der Waals surface area contributed by atoms with E-state index < -0.39 is 0 Å². The monoisotopic (exact) mass is 437 g/mol. The van der Waals surface area contributed by atoms with Gasteiger partial charge in [-0.25, -0.2) is 4.98 Å². The van der Waals surface area contributed by atoms with Gasteiger partial charge in [0.05, 0.1) is 22.3 Å². The standard InChI is InChI=1S/C25H19N5OS/c1-2-29-19-12-6-5-11-18(19)23-24(29)26-25(28-27-23)32-15-22(31)30-20-13-7-3-9-16(20)17-10-4-8-14-21(17)30/h3-14H,2,15H2,1H3. The van der Waals surface area contributed by atoms with E-state index in [0.717, 1.165) is 50.4 Å². The number of nitrogens with zero attached hydrogens (tertiary/aromatic N) is 5. The Morgan fingerprint density at radius 2 is 1.41 bits per heavy atom. The van der Waals surface area contributed by atoms with Crippen molar-refractivity contribution in [2.45, 2.75) is 18.6 Å². The van der Waals surface area contributed by atoms with Gasteiger partial charge in [0.15, 0.2) is 5.65 Å². The van der Waals surface area contributed by atoms with E-state index in [1.165, 1.54) is 11.8 Å². The number of aromatic nitrogens is 5. The van der Waals surface area contributed by atoms with Crippen molar-refractivity contribution in [3.8, 4) is 0 Å². The van der Waals surface area contributed by atoms with Crippen LogP contribution in [0.15, 0.2) is 78.0 Å². The molecule has 0 saturated carbocycles. The second-order valence-electron chi connectivity index (χ2n) is 7.58. The van der Waals surface area contributed by atoms with Gasteiger partial charge < -0.3 is 4.57 Å². The molecule has 0 atom stereocenters. The van der Waals surface area contributed by atoms with E-state index in [1.807, 2.05) is 54.6 Å². The molecule has 0 bridgehead atoms. The van der Waals surface area contributed by atoms with Crippen LogP contribution in [0.3, 0.4) is 0 Å². The summed E-state index contributed by atoms with van der Waals surface area (Å²) in [5.41, 5.74) is 4.52. The van der Waals surface area contributed by atoms with Crippen LogP contribution in [0.1, 0.15) is 11.7 Å². The van der Waals surface area contributed by atoms with Crippen molar-refractivity contribution >= 4 is 61.5 Å². The van der Waals surface area contributed by atoms with Crippen LogP contribution in [0.2, 0.25) is 0 Å². The van der Waals surface area contributed by atoms with Gasteiger partial charge in [-0.1, -0.05) is 66.4 Å². The van der Waals surface area contributed by atoms with Crippen molar-refractivity contribution in [2.75, 3.05) is 5.75 Å². The Morgan fingerprint density at radius 1 is 0.812 bits per heavy atom. The first kappa shape index (κ1) is 19.0. The number of para-hydroxylation sites is 3. The molecule has 7 heteroatoms. The lowest BCUT2D eigenvalue weighted by Crippen LogP contribution is -2.13. The van der Waals surface area contributed by atoms with Crippen LogP contribution in [-0.2, 0) is 6.54 Å². The van der Waals surface area contributed by atoms with Crippen molar-refractivity contribution in [3.63, 3.8) is 0 Å². The summed E-state index contributed by atoms with van der Waals surface area (Å²) in [4.78, 5) is 18.0. The Kier molecular flexibility index (Phi) is 4.43. The fourth-order valence-electron chi connectivity index (χ4n) is 4.45. The average Bonchev–Trinajstić information content (AvgIpc) is 3.35. The highest BCUT2D eigenvalue weighted by Crippen LogP contribution is 2.30. The van der Waals surface area contributed by atoms with Crippen molar-refractivity contribution in [2.24, 2.45) is 0 Å². The SMILES string of the molecule is CCn1c2ccccc2c2nnc(SCC(=O)n3c4ccccc4c4ccccc43)nc21. The van der Waals surface area contributed by atoms with Crippen LogP contribution in [0, 0.1) is 0 Å². The normalized spacial score (nSPS) is 11.8. The first-order valence-electron chi connectivity index (χ1n) is 10.5. The predicted molar refractivity (Wildman–Crippen MR) is 129 cm³/mol. The van der Waals surface area contributed by atoms with E-state index in [1.54, 1.807) is 4.57 Å². The summed E-state index contributed by atoms with van der Waals surface area (Å²) >= 11 is 1.32. The molecule has 32 heavy (non-hydrogen) atoms. The minimum atomic E-state index is -0.00728. The Morgan fingerprint density at radius 3 is 2.06 bits per heavy atom. The van der Waals surface area contributed by atoms with E-state index in [9.17, 15) is 4.79 Å².